The first kappa shape index (κ1) is 14.4. The Hall–Kier alpha value is -2.02. The lowest BCUT2D eigenvalue weighted by atomic mass is 10.1. The Morgan fingerprint density at radius 2 is 1.95 bits per heavy atom. The summed E-state index contributed by atoms with van der Waals surface area (Å²) in [6.45, 7) is 3.30. The third-order valence-corrected chi connectivity index (χ3v) is 4.87. The van der Waals surface area contributed by atoms with E-state index in [0.717, 1.165) is 4.31 Å². The molecule has 108 valence electrons. The van der Waals surface area contributed by atoms with Gasteiger partial charge in [-0.25, -0.2) is 13.2 Å². The van der Waals surface area contributed by atoms with Crippen molar-refractivity contribution >= 4 is 21.8 Å². The minimum atomic E-state index is -3.86. The highest BCUT2D eigenvalue weighted by Gasteiger charge is 2.39. The fourth-order valence-corrected chi connectivity index (χ4v) is 3.77. The molecule has 0 unspecified atom stereocenters. The van der Waals surface area contributed by atoms with E-state index in [-0.39, 0.29) is 35.1 Å². The van der Waals surface area contributed by atoms with Gasteiger partial charge >= 0.3 is 5.97 Å². The summed E-state index contributed by atoms with van der Waals surface area (Å²) >= 11 is 0. The standard InChI is InChI=1S/C13H15NO5S/c1-3-14-11(13(16)19-4-2)12(15)9-7-5-6-8-10(9)20(14,17)18/h5-8,15H,3-4H2,1-2H3. The van der Waals surface area contributed by atoms with Gasteiger partial charge in [-0.15, -0.1) is 0 Å². The van der Waals surface area contributed by atoms with Crippen LogP contribution >= 0.6 is 0 Å². The van der Waals surface area contributed by atoms with E-state index >= 15 is 0 Å². The van der Waals surface area contributed by atoms with Gasteiger partial charge in [-0.3, -0.25) is 4.31 Å². The van der Waals surface area contributed by atoms with Crippen molar-refractivity contribution in [3.05, 3.63) is 35.5 Å². The summed E-state index contributed by atoms with van der Waals surface area (Å²) in [5, 5.41) is 10.2. The molecular weight excluding hydrogens is 282 g/mol. The van der Waals surface area contributed by atoms with Crippen LogP contribution in [0.15, 0.2) is 34.9 Å². The van der Waals surface area contributed by atoms with Crippen LogP contribution < -0.4 is 0 Å². The molecule has 0 aromatic heterocycles. The van der Waals surface area contributed by atoms with E-state index in [1.54, 1.807) is 26.0 Å². The van der Waals surface area contributed by atoms with Crippen molar-refractivity contribution in [2.75, 3.05) is 13.2 Å². The van der Waals surface area contributed by atoms with Crippen LogP contribution in [0.4, 0.5) is 0 Å². The van der Waals surface area contributed by atoms with Crippen LogP contribution in [0.2, 0.25) is 0 Å². The topological polar surface area (TPSA) is 83.9 Å². The van der Waals surface area contributed by atoms with Gasteiger partial charge < -0.3 is 9.84 Å². The van der Waals surface area contributed by atoms with E-state index in [1.165, 1.54) is 12.1 Å². The van der Waals surface area contributed by atoms with E-state index in [0.29, 0.717) is 0 Å². The van der Waals surface area contributed by atoms with E-state index < -0.39 is 16.0 Å². The number of benzene rings is 1. The summed E-state index contributed by atoms with van der Waals surface area (Å²) in [4.78, 5) is 11.9. The zero-order chi connectivity index (χ0) is 14.9. The number of sulfonamides is 1. The summed E-state index contributed by atoms with van der Waals surface area (Å²) in [5.74, 6) is -1.24. The molecule has 0 saturated carbocycles. The Morgan fingerprint density at radius 1 is 1.30 bits per heavy atom. The van der Waals surface area contributed by atoms with Crippen LogP contribution in [0, 0.1) is 0 Å². The van der Waals surface area contributed by atoms with Gasteiger partial charge in [0.05, 0.1) is 11.5 Å². The first-order valence-corrected chi connectivity index (χ1v) is 7.61. The van der Waals surface area contributed by atoms with Crippen LogP contribution in [-0.4, -0.2) is 37.0 Å². The number of esters is 1. The smallest absolute Gasteiger partial charge is 0.359 e. The Labute approximate surface area is 117 Å². The van der Waals surface area contributed by atoms with Gasteiger partial charge in [0.2, 0.25) is 0 Å². The molecule has 1 aromatic carbocycles. The van der Waals surface area contributed by atoms with Crippen LogP contribution in [0.5, 0.6) is 0 Å². The second-order valence-corrected chi connectivity index (χ2v) is 5.91. The van der Waals surface area contributed by atoms with Crippen LogP contribution in [0.25, 0.3) is 5.76 Å². The molecule has 7 heteroatoms. The second-order valence-electron chi connectivity index (χ2n) is 4.08. The zero-order valence-electron chi connectivity index (χ0n) is 11.2. The molecule has 20 heavy (non-hydrogen) atoms. The third kappa shape index (κ3) is 2.03. The van der Waals surface area contributed by atoms with Crippen molar-refractivity contribution in [1.82, 2.24) is 4.31 Å². The molecule has 1 aliphatic rings. The minimum absolute atomic E-state index is 0.0209. The van der Waals surface area contributed by atoms with Gasteiger partial charge in [-0.2, -0.15) is 0 Å². The number of ether oxygens (including phenoxy) is 1. The normalized spacial score (nSPS) is 16.8. The quantitative estimate of drug-likeness (QED) is 0.855. The van der Waals surface area contributed by atoms with Crippen molar-refractivity contribution in [2.45, 2.75) is 18.7 Å². The molecule has 0 saturated heterocycles. The van der Waals surface area contributed by atoms with Crippen molar-refractivity contribution in [2.24, 2.45) is 0 Å². The number of carbonyl (C=O) groups is 1. The summed E-state index contributed by atoms with van der Waals surface area (Å²) in [5.41, 5.74) is -0.228. The minimum Gasteiger partial charge on any atom is -0.505 e. The van der Waals surface area contributed by atoms with Crippen molar-refractivity contribution < 1.29 is 23.1 Å². The molecule has 1 aliphatic heterocycles. The average molecular weight is 297 g/mol. The molecule has 0 amide bonds. The predicted molar refractivity (Wildman–Crippen MR) is 72.2 cm³/mol. The van der Waals surface area contributed by atoms with Crippen LogP contribution in [0.3, 0.4) is 0 Å². The maximum atomic E-state index is 12.5. The molecule has 1 heterocycles. The van der Waals surface area contributed by atoms with E-state index in [1.807, 2.05) is 0 Å². The SMILES string of the molecule is CCOC(=O)C1=C(O)c2ccccc2S(=O)(=O)N1CC. The van der Waals surface area contributed by atoms with Gasteiger partial charge in [-0.05, 0) is 26.0 Å². The third-order valence-electron chi connectivity index (χ3n) is 2.94. The Balaban J connectivity index is 2.74. The molecule has 0 bridgehead atoms. The highest BCUT2D eigenvalue weighted by Crippen LogP contribution is 2.35. The van der Waals surface area contributed by atoms with E-state index in [2.05, 4.69) is 0 Å². The monoisotopic (exact) mass is 297 g/mol. The Kier molecular flexibility index (Phi) is 3.71. The fourth-order valence-electron chi connectivity index (χ4n) is 2.10. The molecule has 6 nitrogen and oxygen atoms in total. The van der Waals surface area contributed by atoms with Crippen molar-refractivity contribution in [1.29, 1.82) is 0 Å². The summed E-state index contributed by atoms with van der Waals surface area (Å²) in [6, 6.07) is 6.00. The fraction of sp³-hybridized carbons (Fsp3) is 0.308. The number of likely N-dealkylation sites (N-methyl/N-ethyl adjacent to an activating group) is 1. The second kappa shape index (κ2) is 5.16. The molecule has 0 aliphatic carbocycles. The molecule has 2 rings (SSSR count). The zero-order valence-corrected chi connectivity index (χ0v) is 12.0. The van der Waals surface area contributed by atoms with Crippen molar-refractivity contribution in [3.8, 4) is 0 Å². The lowest BCUT2D eigenvalue weighted by Gasteiger charge is -2.30. The molecule has 0 atom stereocenters. The summed E-state index contributed by atoms with van der Waals surface area (Å²) in [7, 11) is -3.86. The Bertz CT molecular complexity index is 678. The van der Waals surface area contributed by atoms with Gasteiger partial charge in [0, 0.05) is 12.1 Å². The summed E-state index contributed by atoms with van der Waals surface area (Å²) in [6.07, 6.45) is 0. The van der Waals surface area contributed by atoms with Gasteiger partial charge in [-0.1, -0.05) is 12.1 Å². The maximum absolute atomic E-state index is 12.5. The number of aliphatic hydroxyl groups is 1. The molecule has 0 spiro atoms. The largest absolute Gasteiger partial charge is 0.505 e. The lowest BCUT2D eigenvalue weighted by Crippen LogP contribution is -2.38. The lowest BCUT2D eigenvalue weighted by molar-refractivity contribution is -0.139. The molecule has 0 fully saturated rings. The Morgan fingerprint density at radius 3 is 2.55 bits per heavy atom. The van der Waals surface area contributed by atoms with Crippen molar-refractivity contribution in [3.63, 3.8) is 0 Å². The van der Waals surface area contributed by atoms with Crippen LogP contribution in [-0.2, 0) is 19.6 Å². The number of carbonyl (C=O) groups excluding carboxylic acids is 1. The van der Waals surface area contributed by atoms with E-state index in [4.69, 9.17) is 4.74 Å². The molecule has 1 N–H and O–H groups in total. The summed E-state index contributed by atoms with van der Waals surface area (Å²) < 4.78 is 30.6. The average Bonchev–Trinajstić information content (AvgIpc) is 2.42. The number of nitrogens with zero attached hydrogens (tertiary/aromatic N) is 1. The molecule has 0 radical (unpaired) electrons. The van der Waals surface area contributed by atoms with Crippen LogP contribution in [0.1, 0.15) is 19.4 Å². The number of fused-ring (bicyclic) bond motifs is 1. The number of rotatable bonds is 3. The maximum Gasteiger partial charge on any atom is 0.359 e. The first-order chi connectivity index (χ1) is 9.45. The number of aliphatic hydroxyl groups excluding tert-OH is 1. The molecule has 1 aromatic rings. The highest BCUT2D eigenvalue weighted by molar-refractivity contribution is 7.89. The number of hydrogen-bond acceptors (Lipinski definition) is 5. The highest BCUT2D eigenvalue weighted by atomic mass is 32.2. The van der Waals surface area contributed by atoms with Gasteiger partial charge in [0.1, 0.15) is 0 Å². The first-order valence-electron chi connectivity index (χ1n) is 6.17. The van der Waals surface area contributed by atoms with Gasteiger partial charge in [0.25, 0.3) is 10.0 Å². The van der Waals surface area contributed by atoms with E-state index in [9.17, 15) is 18.3 Å². The predicted octanol–water partition coefficient (Wildman–Crippen LogP) is 1.50. The van der Waals surface area contributed by atoms with Gasteiger partial charge in [0.15, 0.2) is 11.5 Å². The number of hydrogen-bond donors (Lipinski definition) is 1. The molecular formula is C13H15NO5S.